The van der Waals surface area contributed by atoms with Gasteiger partial charge in [0.05, 0.1) is 6.33 Å². The van der Waals surface area contributed by atoms with Crippen LogP contribution in [0.2, 0.25) is 0 Å². The Morgan fingerprint density at radius 1 is 1.39 bits per heavy atom. The van der Waals surface area contributed by atoms with Gasteiger partial charge in [0.15, 0.2) is 6.10 Å². The van der Waals surface area contributed by atoms with E-state index in [0.717, 1.165) is 18.5 Å². The summed E-state index contributed by atoms with van der Waals surface area (Å²) in [5.41, 5.74) is 2.32. The van der Waals surface area contributed by atoms with Crippen molar-refractivity contribution in [2.24, 2.45) is 5.90 Å². The number of rotatable bonds is 9. The van der Waals surface area contributed by atoms with Crippen LogP contribution in [0, 0.1) is 0 Å². The number of carboxylic acids is 1. The van der Waals surface area contributed by atoms with Gasteiger partial charge in [-0.2, -0.15) is 0 Å². The van der Waals surface area contributed by atoms with Gasteiger partial charge < -0.3 is 9.67 Å². The molecule has 1 atom stereocenters. The van der Waals surface area contributed by atoms with Crippen molar-refractivity contribution in [2.45, 2.75) is 31.9 Å². The first-order valence-electron chi connectivity index (χ1n) is 7.49. The van der Waals surface area contributed by atoms with Crippen LogP contribution in [0.4, 0.5) is 0 Å². The minimum Gasteiger partial charge on any atom is -0.479 e. The lowest BCUT2D eigenvalue weighted by atomic mass is 10.0. The summed E-state index contributed by atoms with van der Waals surface area (Å²) >= 11 is 0. The molecule has 1 unspecified atom stereocenters. The number of carbonyl (C=O) groups is 1. The minimum atomic E-state index is -1.03. The molecule has 0 fully saturated rings. The smallest absolute Gasteiger partial charge is 0.334 e. The number of imidazole rings is 1. The number of hydrogen-bond donors (Lipinski definition) is 2. The summed E-state index contributed by atoms with van der Waals surface area (Å²) in [4.78, 5) is 19.4. The predicted molar refractivity (Wildman–Crippen MR) is 87.2 cm³/mol. The number of aliphatic carboxylic acids is 1. The van der Waals surface area contributed by atoms with E-state index in [-0.39, 0.29) is 0 Å². The van der Waals surface area contributed by atoms with Crippen LogP contribution in [0.3, 0.4) is 0 Å². The maximum Gasteiger partial charge on any atom is 0.334 e. The average molecular weight is 315 g/mol. The van der Waals surface area contributed by atoms with Crippen molar-refractivity contribution >= 4 is 11.5 Å². The van der Waals surface area contributed by atoms with Crippen molar-refractivity contribution in [3.8, 4) is 0 Å². The first kappa shape index (κ1) is 16.9. The Kier molecular flexibility index (Phi) is 6.53. The largest absolute Gasteiger partial charge is 0.479 e. The number of unbranched alkanes of at least 4 members (excludes halogenated alkanes) is 1. The molecule has 0 aliphatic carbocycles. The first-order valence-corrected chi connectivity index (χ1v) is 7.49. The van der Waals surface area contributed by atoms with Crippen LogP contribution >= 0.6 is 0 Å². The van der Waals surface area contributed by atoms with E-state index in [1.165, 1.54) is 5.57 Å². The van der Waals surface area contributed by atoms with Gasteiger partial charge in [-0.25, -0.2) is 15.7 Å². The van der Waals surface area contributed by atoms with Gasteiger partial charge >= 0.3 is 5.97 Å². The molecule has 1 heterocycles. The number of benzene rings is 1. The van der Waals surface area contributed by atoms with Gasteiger partial charge in [0, 0.05) is 18.9 Å². The van der Waals surface area contributed by atoms with Crippen molar-refractivity contribution in [1.29, 1.82) is 0 Å². The molecular formula is C17H21N3O3. The fraction of sp³-hybridized carbons (Fsp3) is 0.294. The van der Waals surface area contributed by atoms with Gasteiger partial charge in [0.1, 0.15) is 0 Å². The molecule has 3 N–H and O–H groups in total. The number of aromatic nitrogens is 2. The second-order valence-electron chi connectivity index (χ2n) is 5.22. The summed E-state index contributed by atoms with van der Waals surface area (Å²) < 4.78 is 2.00. The second-order valence-corrected chi connectivity index (χ2v) is 5.22. The fourth-order valence-corrected chi connectivity index (χ4v) is 2.33. The zero-order chi connectivity index (χ0) is 16.5. The highest BCUT2D eigenvalue weighted by Crippen LogP contribution is 2.18. The lowest BCUT2D eigenvalue weighted by Gasteiger charge is -2.11. The molecule has 2 aromatic rings. The SMILES string of the molecule is NOC(CCC/C=C(\Cn1ccnc1)c1ccccc1)C(=O)O. The molecule has 0 saturated heterocycles. The van der Waals surface area contributed by atoms with E-state index in [0.29, 0.717) is 12.8 Å². The zero-order valence-corrected chi connectivity index (χ0v) is 12.8. The molecule has 0 aliphatic rings. The molecule has 1 aromatic heterocycles. The average Bonchev–Trinajstić information content (AvgIpc) is 3.07. The van der Waals surface area contributed by atoms with E-state index in [2.05, 4.69) is 28.0 Å². The molecule has 6 nitrogen and oxygen atoms in total. The van der Waals surface area contributed by atoms with E-state index < -0.39 is 12.1 Å². The van der Waals surface area contributed by atoms with Crippen LogP contribution in [0.5, 0.6) is 0 Å². The molecule has 6 heteroatoms. The summed E-state index contributed by atoms with van der Waals surface area (Å²) in [6.45, 7) is 0.722. The molecule has 1 aromatic carbocycles. The Hall–Kier alpha value is -2.44. The third kappa shape index (κ3) is 5.36. The Morgan fingerprint density at radius 2 is 2.17 bits per heavy atom. The molecule has 2 rings (SSSR count). The third-order valence-corrected chi connectivity index (χ3v) is 3.56. The van der Waals surface area contributed by atoms with Crippen molar-refractivity contribution in [3.63, 3.8) is 0 Å². The third-order valence-electron chi connectivity index (χ3n) is 3.56. The van der Waals surface area contributed by atoms with Gasteiger partial charge in [0.25, 0.3) is 0 Å². The first-order chi connectivity index (χ1) is 11.2. The topological polar surface area (TPSA) is 90.4 Å². The monoisotopic (exact) mass is 315 g/mol. The van der Waals surface area contributed by atoms with Crippen LogP contribution in [0.1, 0.15) is 24.8 Å². The molecule has 0 aliphatic heterocycles. The predicted octanol–water partition coefficient (Wildman–Crippen LogP) is 2.48. The lowest BCUT2D eigenvalue weighted by molar-refractivity contribution is -0.151. The minimum absolute atomic E-state index is 0.384. The highest BCUT2D eigenvalue weighted by molar-refractivity contribution is 5.72. The summed E-state index contributed by atoms with van der Waals surface area (Å²) in [6, 6.07) is 10.1. The lowest BCUT2D eigenvalue weighted by Crippen LogP contribution is -2.26. The fourth-order valence-electron chi connectivity index (χ4n) is 2.33. The summed E-state index contributed by atoms with van der Waals surface area (Å²) in [5, 5.41) is 8.90. The summed E-state index contributed by atoms with van der Waals surface area (Å²) in [7, 11) is 0. The van der Waals surface area contributed by atoms with Crippen LogP contribution < -0.4 is 5.90 Å². The van der Waals surface area contributed by atoms with Crippen LogP contribution in [0.15, 0.2) is 55.1 Å². The van der Waals surface area contributed by atoms with Crippen molar-refractivity contribution in [2.75, 3.05) is 0 Å². The Bertz CT molecular complexity index is 624. The molecule has 23 heavy (non-hydrogen) atoms. The Balaban J connectivity index is 2.00. The van der Waals surface area contributed by atoms with Crippen molar-refractivity contribution in [3.05, 3.63) is 60.7 Å². The van der Waals surface area contributed by atoms with E-state index >= 15 is 0 Å². The number of hydrogen-bond acceptors (Lipinski definition) is 4. The quantitative estimate of drug-likeness (QED) is 0.548. The highest BCUT2D eigenvalue weighted by Gasteiger charge is 2.15. The maximum atomic E-state index is 10.9. The van der Waals surface area contributed by atoms with Crippen molar-refractivity contribution < 1.29 is 14.7 Å². The second kappa shape index (κ2) is 8.87. The molecule has 0 bridgehead atoms. The summed E-state index contributed by atoms with van der Waals surface area (Å²) in [6.07, 6.45) is 8.45. The molecule has 122 valence electrons. The van der Waals surface area contributed by atoms with Gasteiger partial charge in [-0.05, 0) is 30.4 Å². The van der Waals surface area contributed by atoms with Gasteiger partial charge in [0.2, 0.25) is 0 Å². The van der Waals surface area contributed by atoms with Gasteiger partial charge in [-0.15, -0.1) is 0 Å². The van der Waals surface area contributed by atoms with Gasteiger partial charge in [-0.3, -0.25) is 4.84 Å². The molecule has 0 radical (unpaired) electrons. The molecular weight excluding hydrogens is 294 g/mol. The van der Waals surface area contributed by atoms with Crippen LogP contribution in [0.25, 0.3) is 5.57 Å². The van der Waals surface area contributed by atoms with E-state index in [4.69, 9.17) is 11.0 Å². The Morgan fingerprint density at radius 3 is 2.78 bits per heavy atom. The van der Waals surface area contributed by atoms with Gasteiger partial charge in [-0.1, -0.05) is 36.4 Å². The molecule has 0 saturated carbocycles. The molecule has 0 spiro atoms. The van der Waals surface area contributed by atoms with E-state index in [1.807, 2.05) is 29.0 Å². The van der Waals surface area contributed by atoms with Crippen LogP contribution in [-0.2, 0) is 16.2 Å². The zero-order valence-electron chi connectivity index (χ0n) is 12.8. The number of carboxylic acid groups (broad SMARTS) is 1. The maximum absolute atomic E-state index is 10.9. The number of nitrogens with zero attached hydrogens (tertiary/aromatic N) is 2. The highest BCUT2D eigenvalue weighted by atomic mass is 16.6. The molecule has 0 amide bonds. The number of allylic oxidation sites excluding steroid dienone is 2. The Labute approximate surface area is 135 Å². The van der Waals surface area contributed by atoms with Crippen LogP contribution in [-0.4, -0.2) is 26.7 Å². The standard InChI is InChI=1S/C17H21N3O3/c18-23-16(17(21)22)9-5-4-8-15(12-20-11-10-19-13-20)14-6-2-1-3-7-14/h1-3,6-8,10-11,13,16H,4-5,9,12,18H2,(H,21,22)/b15-8+. The van der Waals surface area contributed by atoms with E-state index in [1.54, 1.807) is 12.5 Å². The number of nitrogens with two attached hydrogens (primary N) is 1. The van der Waals surface area contributed by atoms with Crippen molar-refractivity contribution in [1.82, 2.24) is 9.55 Å². The summed E-state index contributed by atoms with van der Waals surface area (Å²) in [5.74, 6) is 3.96. The normalized spacial score (nSPS) is 13.0. The van der Waals surface area contributed by atoms with E-state index in [9.17, 15) is 4.79 Å².